The molecule has 3 N–H and O–H groups in total. The molecule has 23 heavy (non-hydrogen) atoms. The Morgan fingerprint density at radius 2 is 2.04 bits per heavy atom. The highest BCUT2D eigenvalue weighted by molar-refractivity contribution is 5.97. The molecule has 0 radical (unpaired) electrons. The SMILES string of the molecule is CNC(=O)c1cc(NC(=O)N[C@@H](C)C2=CCCCC2)ccc1F. The zero-order chi connectivity index (χ0) is 16.8. The monoisotopic (exact) mass is 319 g/mol. The van der Waals surface area contributed by atoms with Crippen molar-refractivity contribution in [1.82, 2.24) is 10.6 Å². The lowest BCUT2D eigenvalue weighted by molar-refractivity contribution is 0.0959. The van der Waals surface area contributed by atoms with E-state index in [9.17, 15) is 14.0 Å². The summed E-state index contributed by atoms with van der Waals surface area (Å²) in [5.74, 6) is -1.16. The van der Waals surface area contributed by atoms with Gasteiger partial charge in [0.2, 0.25) is 0 Å². The van der Waals surface area contributed by atoms with E-state index in [0.29, 0.717) is 5.69 Å². The van der Waals surface area contributed by atoms with E-state index in [1.54, 1.807) is 0 Å². The lowest BCUT2D eigenvalue weighted by Crippen LogP contribution is -2.37. The molecule has 1 atom stereocenters. The summed E-state index contributed by atoms with van der Waals surface area (Å²) in [6, 6.07) is 3.48. The van der Waals surface area contributed by atoms with Gasteiger partial charge in [-0.3, -0.25) is 4.79 Å². The van der Waals surface area contributed by atoms with E-state index >= 15 is 0 Å². The molecule has 6 heteroatoms. The topological polar surface area (TPSA) is 70.2 Å². The number of anilines is 1. The normalized spacial score (nSPS) is 15.3. The number of hydrogen-bond acceptors (Lipinski definition) is 2. The average molecular weight is 319 g/mol. The van der Waals surface area contributed by atoms with Crippen LogP contribution in [0.2, 0.25) is 0 Å². The fourth-order valence-corrected chi connectivity index (χ4v) is 2.62. The molecule has 0 aromatic heterocycles. The summed E-state index contributed by atoms with van der Waals surface area (Å²) in [5, 5.41) is 7.86. The summed E-state index contributed by atoms with van der Waals surface area (Å²) >= 11 is 0. The van der Waals surface area contributed by atoms with E-state index in [0.717, 1.165) is 25.3 Å². The van der Waals surface area contributed by atoms with Crippen LogP contribution in [-0.4, -0.2) is 25.0 Å². The Hall–Kier alpha value is -2.37. The highest BCUT2D eigenvalue weighted by atomic mass is 19.1. The van der Waals surface area contributed by atoms with Gasteiger partial charge >= 0.3 is 6.03 Å². The second-order valence-corrected chi connectivity index (χ2v) is 5.62. The van der Waals surface area contributed by atoms with Gasteiger partial charge in [0, 0.05) is 18.8 Å². The second-order valence-electron chi connectivity index (χ2n) is 5.62. The van der Waals surface area contributed by atoms with Gasteiger partial charge < -0.3 is 16.0 Å². The van der Waals surface area contributed by atoms with Crippen LogP contribution in [0.3, 0.4) is 0 Å². The van der Waals surface area contributed by atoms with Gasteiger partial charge in [0.15, 0.2) is 0 Å². The number of carbonyl (C=O) groups excluding carboxylic acids is 2. The smallest absolute Gasteiger partial charge is 0.319 e. The van der Waals surface area contributed by atoms with Crippen molar-refractivity contribution in [3.8, 4) is 0 Å². The molecule has 3 amide bonds. The summed E-state index contributed by atoms with van der Waals surface area (Å²) in [6.45, 7) is 1.94. The third-order valence-corrected chi connectivity index (χ3v) is 3.93. The molecule has 0 saturated carbocycles. The zero-order valence-corrected chi connectivity index (χ0v) is 13.4. The Labute approximate surface area is 135 Å². The van der Waals surface area contributed by atoms with E-state index in [1.807, 2.05) is 6.92 Å². The molecule has 0 heterocycles. The van der Waals surface area contributed by atoms with Crippen molar-refractivity contribution >= 4 is 17.6 Å². The van der Waals surface area contributed by atoms with Crippen LogP contribution in [-0.2, 0) is 0 Å². The Morgan fingerprint density at radius 3 is 2.70 bits per heavy atom. The number of amides is 3. The molecule has 124 valence electrons. The average Bonchev–Trinajstić information content (AvgIpc) is 2.56. The molecule has 0 fully saturated rings. The van der Waals surface area contributed by atoms with Gasteiger partial charge in [-0.15, -0.1) is 0 Å². The van der Waals surface area contributed by atoms with Crippen molar-refractivity contribution in [1.29, 1.82) is 0 Å². The van der Waals surface area contributed by atoms with E-state index in [2.05, 4.69) is 22.0 Å². The largest absolute Gasteiger partial charge is 0.355 e. The van der Waals surface area contributed by atoms with Crippen LogP contribution in [0, 0.1) is 5.82 Å². The maximum Gasteiger partial charge on any atom is 0.319 e. The molecule has 0 aliphatic heterocycles. The Morgan fingerprint density at radius 1 is 1.26 bits per heavy atom. The summed E-state index contributed by atoms with van der Waals surface area (Å²) in [6.07, 6.45) is 6.57. The van der Waals surface area contributed by atoms with E-state index in [4.69, 9.17) is 0 Å². The van der Waals surface area contributed by atoms with Crippen LogP contribution in [0.4, 0.5) is 14.9 Å². The number of benzene rings is 1. The maximum atomic E-state index is 13.6. The Balaban J connectivity index is 2.00. The van der Waals surface area contributed by atoms with Crippen molar-refractivity contribution in [3.63, 3.8) is 0 Å². The Bertz CT molecular complexity index is 628. The molecule has 2 rings (SSSR count). The first-order valence-corrected chi connectivity index (χ1v) is 7.79. The lowest BCUT2D eigenvalue weighted by atomic mass is 9.95. The standard InChI is InChI=1S/C17H22FN3O2/c1-11(12-6-4-3-5-7-12)20-17(23)21-13-8-9-15(18)14(10-13)16(22)19-2/h6,8-11H,3-5,7H2,1-2H3,(H,19,22)(H2,20,21,23)/t11-/m0/s1. The van der Waals surface area contributed by atoms with Crippen molar-refractivity contribution in [2.45, 2.75) is 38.6 Å². The summed E-state index contributed by atoms with van der Waals surface area (Å²) in [5.41, 5.74) is 1.50. The molecule has 0 unspecified atom stereocenters. The third kappa shape index (κ3) is 4.55. The summed E-state index contributed by atoms with van der Waals surface area (Å²) in [4.78, 5) is 23.6. The molecule has 0 bridgehead atoms. The minimum atomic E-state index is -0.629. The molecule has 1 aliphatic carbocycles. The number of urea groups is 1. The highest BCUT2D eigenvalue weighted by Gasteiger charge is 2.15. The van der Waals surface area contributed by atoms with Gasteiger partial charge in [0.25, 0.3) is 5.91 Å². The van der Waals surface area contributed by atoms with Gasteiger partial charge in [-0.25, -0.2) is 9.18 Å². The minimum absolute atomic E-state index is 0.0471. The quantitative estimate of drug-likeness (QED) is 0.746. The van der Waals surface area contributed by atoms with E-state index in [-0.39, 0.29) is 17.6 Å². The summed E-state index contributed by atoms with van der Waals surface area (Å²) in [7, 11) is 1.42. The van der Waals surface area contributed by atoms with Crippen LogP contribution in [0.15, 0.2) is 29.8 Å². The van der Waals surface area contributed by atoms with Crippen LogP contribution in [0.5, 0.6) is 0 Å². The van der Waals surface area contributed by atoms with Crippen molar-refractivity contribution in [2.75, 3.05) is 12.4 Å². The van der Waals surface area contributed by atoms with Crippen molar-refractivity contribution < 1.29 is 14.0 Å². The highest BCUT2D eigenvalue weighted by Crippen LogP contribution is 2.20. The van der Waals surface area contributed by atoms with E-state index < -0.39 is 11.7 Å². The minimum Gasteiger partial charge on any atom is -0.355 e. The number of carbonyl (C=O) groups is 2. The predicted octanol–water partition coefficient (Wildman–Crippen LogP) is 3.20. The van der Waals surface area contributed by atoms with Crippen LogP contribution in [0.1, 0.15) is 43.0 Å². The van der Waals surface area contributed by atoms with Crippen LogP contribution < -0.4 is 16.0 Å². The van der Waals surface area contributed by atoms with Crippen LogP contribution >= 0.6 is 0 Å². The number of rotatable bonds is 4. The molecule has 0 spiro atoms. The number of hydrogen-bond donors (Lipinski definition) is 3. The first-order chi connectivity index (χ1) is 11.0. The fraction of sp³-hybridized carbons (Fsp3) is 0.412. The van der Waals surface area contributed by atoms with Gasteiger partial charge in [-0.05, 0) is 50.8 Å². The first kappa shape index (κ1) is 17.0. The molecule has 1 aliphatic rings. The molecule has 0 saturated heterocycles. The third-order valence-electron chi connectivity index (χ3n) is 3.93. The van der Waals surface area contributed by atoms with Crippen LogP contribution in [0.25, 0.3) is 0 Å². The number of allylic oxidation sites excluding steroid dienone is 1. The first-order valence-electron chi connectivity index (χ1n) is 7.79. The zero-order valence-electron chi connectivity index (χ0n) is 13.4. The van der Waals surface area contributed by atoms with E-state index in [1.165, 1.54) is 31.2 Å². The molecular weight excluding hydrogens is 297 g/mol. The van der Waals surface area contributed by atoms with Crippen molar-refractivity contribution in [3.05, 3.63) is 41.2 Å². The molecular formula is C17H22FN3O2. The second kappa shape index (κ2) is 7.76. The predicted molar refractivity (Wildman–Crippen MR) is 88.0 cm³/mol. The Kier molecular flexibility index (Phi) is 5.73. The van der Waals surface area contributed by atoms with Gasteiger partial charge in [0.05, 0.1) is 5.56 Å². The van der Waals surface area contributed by atoms with Gasteiger partial charge in [-0.2, -0.15) is 0 Å². The molecule has 5 nitrogen and oxygen atoms in total. The van der Waals surface area contributed by atoms with Gasteiger partial charge in [-0.1, -0.05) is 11.6 Å². The van der Waals surface area contributed by atoms with Gasteiger partial charge in [0.1, 0.15) is 5.82 Å². The molecule has 1 aromatic rings. The van der Waals surface area contributed by atoms with Crippen molar-refractivity contribution in [2.24, 2.45) is 0 Å². The maximum absolute atomic E-state index is 13.6. The number of nitrogens with one attached hydrogen (secondary N) is 3. The summed E-state index contributed by atoms with van der Waals surface area (Å²) < 4.78 is 13.6. The molecule has 1 aromatic carbocycles. The number of halogens is 1. The lowest BCUT2D eigenvalue weighted by Gasteiger charge is -2.21. The fourth-order valence-electron chi connectivity index (χ4n) is 2.62.